The molecule has 0 rings (SSSR count). The van der Waals surface area contributed by atoms with E-state index in [2.05, 4.69) is 5.32 Å². The number of nitriles is 1. The Morgan fingerprint density at radius 1 is 1.67 bits per heavy atom. The van der Waals surface area contributed by atoms with Gasteiger partial charge in [-0.25, -0.2) is 8.78 Å². The summed E-state index contributed by atoms with van der Waals surface area (Å²) in [6.45, 7) is 2.51. The van der Waals surface area contributed by atoms with Gasteiger partial charge in [0.05, 0.1) is 6.07 Å². The van der Waals surface area contributed by atoms with E-state index >= 15 is 0 Å². The number of aliphatic hydroxyl groups excluding tert-OH is 1. The monoisotopic (exact) mass is 220 g/mol. The average Bonchev–Trinajstić information content (AvgIpc) is 2.23. The molecule has 0 aromatic heterocycles. The topological polar surface area (TPSA) is 73.1 Å². The molecule has 0 fully saturated rings. The number of hydrogen-bond acceptors (Lipinski definition) is 3. The van der Waals surface area contributed by atoms with Crippen LogP contribution in [0.25, 0.3) is 0 Å². The van der Waals surface area contributed by atoms with Gasteiger partial charge in [0.15, 0.2) is 0 Å². The van der Waals surface area contributed by atoms with Crippen molar-refractivity contribution in [2.75, 3.05) is 6.54 Å². The van der Waals surface area contributed by atoms with E-state index in [1.807, 2.05) is 0 Å². The largest absolute Gasteiger partial charge is 0.385 e. The highest BCUT2D eigenvalue weighted by molar-refractivity contribution is 5.84. The highest BCUT2D eigenvalue weighted by atomic mass is 19.3. The van der Waals surface area contributed by atoms with Gasteiger partial charge >= 0.3 is 0 Å². The van der Waals surface area contributed by atoms with E-state index in [0.717, 1.165) is 0 Å². The van der Waals surface area contributed by atoms with Crippen LogP contribution in [0.2, 0.25) is 0 Å². The maximum absolute atomic E-state index is 11.9. The zero-order chi connectivity index (χ0) is 12.1. The quantitative estimate of drug-likeness (QED) is 0.715. The molecule has 0 aromatic rings. The van der Waals surface area contributed by atoms with Crippen molar-refractivity contribution in [3.8, 4) is 6.07 Å². The molecule has 86 valence electrons. The van der Waals surface area contributed by atoms with Gasteiger partial charge in [-0.05, 0) is 13.3 Å². The molecule has 15 heavy (non-hydrogen) atoms. The van der Waals surface area contributed by atoms with Crippen molar-refractivity contribution in [3.63, 3.8) is 0 Å². The van der Waals surface area contributed by atoms with Crippen LogP contribution in [0, 0.1) is 16.7 Å². The van der Waals surface area contributed by atoms with Crippen molar-refractivity contribution in [3.05, 3.63) is 0 Å². The molecule has 0 aliphatic heterocycles. The van der Waals surface area contributed by atoms with E-state index in [1.165, 1.54) is 6.92 Å². The number of amides is 1. The lowest BCUT2D eigenvalue weighted by Gasteiger charge is -2.19. The minimum absolute atomic E-state index is 0.278. The maximum Gasteiger partial charge on any atom is 0.265 e. The number of carbonyl (C=O) groups excluding carboxylic acids is 1. The molecule has 6 heteroatoms. The number of rotatable bonds is 5. The van der Waals surface area contributed by atoms with Crippen LogP contribution in [-0.2, 0) is 4.79 Å². The fourth-order valence-corrected chi connectivity index (χ4v) is 0.772. The van der Waals surface area contributed by atoms with Crippen molar-refractivity contribution in [2.24, 2.45) is 5.41 Å². The molecule has 0 aromatic carbocycles. The first kappa shape index (κ1) is 13.8. The number of nitrogens with one attached hydrogen (secondary N) is 1. The molecular formula is C9H14F2N2O2. The molecule has 0 bridgehead atoms. The highest BCUT2D eigenvalue weighted by Gasteiger charge is 2.31. The van der Waals surface area contributed by atoms with Gasteiger partial charge in [0.1, 0.15) is 11.5 Å². The third-order valence-corrected chi connectivity index (χ3v) is 2.22. The van der Waals surface area contributed by atoms with E-state index in [4.69, 9.17) is 10.4 Å². The molecule has 2 atom stereocenters. The summed E-state index contributed by atoms with van der Waals surface area (Å²) in [6, 6.07) is 1.80. The predicted octanol–water partition coefficient (Wildman–Crippen LogP) is 0.668. The summed E-state index contributed by atoms with van der Waals surface area (Å²) in [6.07, 6.45) is -4.52. The molecule has 2 N–H and O–H groups in total. The minimum Gasteiger partial charge on any atom is -0.385 e. The SMILES string of the molecule is CCC(C)(C#N)C(=O)NCC(O)C(F)F. The van der Waals surface area contributed by atoms with Gasteiger partial charge in [0, 0.05) is 6.54 Å². The van der Waals surface area contributed by atoms with Crippen LogP contribution in [-0.4, -0.2) is 30.1 Å². The van der Waals surface area contributed by atoms with Gasteiger partial charge in [0.25, 0.3) is 6.43 Å². The van der Waals surface area contributed by atoms with Crippen LogP contribution in [0.3, 0.4) is 0 Å². The Bertz CT molecular complexity index is 265. The number of hydrogen-bond donors (Lipinski definition) is 2. The summed E-state index contributed by atoms with van der Waals surface area (Å²) in [7, 11) is 0. The van der Waals surface area contributed by atoms with Gasteiger partial charge in [-0.15, -0.1) is 0 Å². The molecule has 0 saturated carbocycles. The third kappa shape index (κ3) is 3.80. The first-order valence-electron chi connectivity index (χ1n) is 4.53. The summed E-state index contributed by atoms with van der Waals surface area (Å²) in [5.41, 5.74) is -1.23. The predicted molar refractivity (Wildman–Crippen MR) is 49.0 cm³/mol. The van der Waals surface area contributed by atoms with Gasteiger partial charge < -0.3 is 10.4 Å². The third-order valence-electron chi connectivity index (χ3n) is 2.22. The Morgan fingerprint density at radius 2 is 2.20 bits per heavy atom. The summed E-state index contributed by atoms with van der Waals surface area (Å²) in [4.78, 5) is 11.4. The molecule has 0 saturated heterocycles. The number of nitrogens with zero attached hydrogens (tertiary/aromatic N) is 1. The summed E-state index contributed by atoms with van der Waals surface area (Å²) in [5, 5.41) is 19.6. The van der Waals surface area contributed by atoms with Crippen LogP contribution in [0.15, 0.2) is 0 Å². The molecule has 1 amide bonds. The van der Waals surface area contributed by atoms with E-state index in [-0.39, 0.29) is 6.42 Å². The second-order valence-corrected chi connectivity index (χ2v) is 3.41. The fourth-order valence-electron chi connectivity index (χ4n) is 0.772. The molecule has 0 spiro atoms. The van der Waals surface area contributed by atoms with Gasteiger partial charge in [0.2, 0.25) is 5.91 Å². The molecule has 0 aliphatic rings. The van der Waals surface area contributed by atoms with Crippen LogP contribution in [0.4, 0.5) is 8.78 Å². The number of carbonyl (C=O) groups is 1. The Kier molecular flexibility index (Phi) is 5.15. The summed E-state index contributed by atoms with van der Waals surface area (Å²) >= 11 is 0. The second kappa shape index (κ2) is 5.61. The Labute approximate surface area is 86.9 Å². The van der Waals surface area contributed by atoms with Crippen molar-refractivity contribution in [2.45, 2.75) is 32.8 Å². The van der Waals surface area contributed by atoms with E-state index in [0.29, 0.717) is 0 Å². The zero-order valence-corrected chi connectivity index (χ0v) is 8.63. The smallest absolute Gasteiger partial charge is 0.265 e. The molecule has 4 nitrogen and oxygen atoms in total. The first-order chi connectivity index (χ1) is 6.87. The summed E-state index contributed by atoms with van der Waals surface area (Å²) in [5.74, 6) is -0.646. The lowest BCUT2D eigenvalue weighted by atomic mass is 9.88. The van der Waals surface area contributed by atoms with Crippen molar-refractivity contribution >= 4 is 5.91 Å². The lowest BCUT2D eigenvalue weighted by Crippen LogP contribution is -2.42. The van der Waals surface area contributed by atoms with Crippen molar-refractivity contribution in [1.82, 2.24) is 5.32 Å². The number of halogens is 2. The first-order valence-corrected chi connectivity index (χ1v) is 4.53. The van der Waals surface area contributed by atoms with Gasteiger partial charge in [-0.2, -0.15) is 5.26 Å². The van der Waals surface area contributed by atoms with Crippen LogP contribution in [0.5, 0.6) is 0 Å². The van der Waals surface area contributed by atoms with E-state index < -0.39 is 30.4 Å². The summed E-state index contributed by atoms with van der Waals surface area (Å²) < 4.78 is 23.7. The Hall–Kier alpha value is -1.22. The van der Waals surface area contributed by atoms with Crippen LogP contribution >= 0.6 is 0 Å². The molecule has 2 unspecified atom stereocenters. The minimum atomic E-state index is -2.90. The Balaban J connectivity index is 4.22. The Morgan fingerprint density at radius 3 is 2.53 bits per heavy atom. The molecule has 0 aliphatic carbocycles. The fraction of sp³-hybridized carbons (Fsp3) is 0.778. The van der Waals surface area contributed by atoms with Gasteiger partial charge in [-0.1, -0.05) is 6.92 Å². The van der Waals surface area contributed by atoms with E-state index in [1.54, 1.807) is 13.0 Å². The molecule has 0 heterocycles. The average molecular weight is 220 g/mol. The second-order valence-electron chi connectivity index (χ2n) is 3.41. The van der Waals surface area contributed by atoms with Crippen LogP contribution < -0.4 is 5.32 Å². The highest BCUT2D eigenvalue weighted by Crippen LogP contribution is 2.19. The normalized spacial score (nSPS) is 16.6. The van der Waals surface area contributed by atoms with Crippen molar-refractivity contribution < 1.29 is 18.7 Å². The standard InChI is InChI=1S/C9H14F2N2O2/c1-3-9(2,5-12)8(15)13-4-6(14)7(10)11/h6-7,14H,3-4H2,1-2H3,(H,13,15). The zero-order valence-electron chi connectivity index (χ0n) is 8.63. The van der Waals surface area contributed by atoms with Crippen LogP contribution in [0.1, 0.15) is 20.3 Å². The van der Waals surface area contributed by atoms with Gasteiger partial charge in [-0.3, -0.25) is 4.79 Å². The molecular weight excluding hydrogens is 206 g/mol. The lowest BCUT2D eigenvalue weighted by molar-refractivity contribution is -0.128. The van der Waals surface area contributed by atoms with Crippen molar-refractivity contribution in [1.29, 1.82) is 5.26 Å². The maximum atomic E-state index is 11.9. The molecule has 0 radical (unpaired) electrons. The van der Waals surface area contributed by atoms with E-state index in [9.17, 15) is 13.6 Å². The number of alkyl halides is 2. The number of aliphatic hydroxyl groups is 1.